The summed E-state index contributed by atoms with van der Waals surface area (Å²) in [6.07, 6.45) is 0. The van der Waals surface area contributed by atoms with Crippen LogP contribution in [0.2, 0.25) is 0 Å². The quantitative estimate of drug-likeness (QED) is 0.820. The van der Waals surface area contributed by atoms with Crippen LogP contribution in [0.1, 0.15) is 18.7 Å². The lowest BCUT2D eigenvalue weighted by Crippen LogP contribution is -2.32. The Morgan fingerprint density at radius 3 is 2.75 bits per heavy atom. The maximum atomic E-state index is 11.5. The van der Waals surface area contributed by atoms with E-state index in [-0.39, 0.29) is 11.8 Å². The van der Waals surface area contributed by atoms with Crippen molar-refractivity contribution < 1.29 is 8.42 Å². The van der Waals surface area contributed by atoms with Crippen LogP contribution in [0.25, 0.3) is 0 Å². The van der Waals surface area contributed by atoms with Crippen LogP contribution < -0.4 is 5.32 Å². The van der Waals surface area contributed by atoms with Gasteiger partial charge in [0.1, 0.15) is 0 Å². The van der Waals surface area contributed by atoms with E-state index < -0.39 is 10.0 Å². The number of nitrogens with zero attached hydrogens (tertiary/aromatic N) is 2. The van der Waals surface area contributed by atoms with Gasteiger partial charge < -0.3 is 5.32 Å². The molecule has 1 aromatic rings. The first kappa shape index (κ1) is 13.6. The average molecular weight is 263 g/mol. The predicted molar refractivity (Wildman–Crippen MR) is 66.0 cm³/mol. The topological polar surface area (TPSA) is 62.3 Å². The molecule has 1 unspecified atom stereocenters. The van der Waals surface area contributed by atoms with Crippen molar-refractivity contribution in [1.82, 2.24) is 14.6 Å². The maximum absolute atomic E-state index is 11.5. The van der Waals surface area contributed by atoms with Gasteiger partial charge in [-0.05, 0) is 6.92 Å². The lowest BCUT2D eigenvalue weighted by atomic mass is 10.3. The van der Waals surface area contributed by atoms with Crippen molar-refractivity contribution in [3.05, 3.63) is 16.6 Å². The highest BCUT2D eigenvalue weighted by Crippen LogP contribution is 2.11. The van der Waals surface area contributed by atoms with Crippen LogP contribution in [-0.2, 0) is 10.0 Å². The third kappa shape index (κ3) is 3.82. The van der Waals surface area contributed by atoms with E-state index in [0.29, 0.717) is 6.54 Å². The first-order chi connectivity index (χ1) is 7.43. The van der Waals surface area contributed by atoms with Crippen LogP contribution in [0.3, 0.4) is 0 Å². The van der Waals surface area contributed by atoms with Gasteiger partial charge in [-0.2, -0.15) is 0 Å². The standard InChI is InChI=1S/C9H17N3O2S2/c1-8(9-6-15-7-11-9)10-4-5-16(13,14)12(2)3/h6-8,10H,4-5H2,1-3H3. The molecule has 0 saturated heterocycles. The van der Waals surface area contributed by atoms with Crippen LogP contribution in [0.15, 0.2) is 10.9 Å². The number of thiazole rings is 1. The Morgan fingerprint density at radius 1 is 1.56 bits per heavy atom. The molecule has 7 heteroatoms. The van der Waals surface area contributed by atoms with Crippen LogP contribution in [0.4, 0.5) is 0 Å². The van der Waals surface area contributed by atoms with Crippen LogP contribution in [0.5, 0.6) is 0 Å². The smallest absolute Gasteiger partial charge is 0.214 e. The minimum atomic E-state index is -3.11. The van der Waals surface area contributed by atoms with Gasteiger partial charge in [0.25, 0.3) is 0 Å². The van der Waals surface area contributed by atoms with E-state index in [1.54, 1.807) is 19.6 Å². The molecule has 0 radical (unpaired) electrons. The van der Waals surface area contributed by atoms with Gasteiger partial charge in [-0.25, -0.2) is 17.7 Å². The van der Waals surface area contributed by atoms with E-state index in [4.69, 9.17) is 0 Å². The Balaban J connectivity index is 2.37. The predicted octanol–water partition coefficient (Wildman–Crippen LogP) is 0.685. The average Bonchev–Trinajstić information content (AvgIpc) is 2.69. The molecule has 0 aliphatic rings. The highest BCUT2D eigenvalue weighted by Gasteiger charge is 2.14. The lowest BCUT2D eigenvalue weighted by Gasteiger charge is -2.14. The molecule has 1 N–H and O–H groups in total. The number of sulfonamides is 1. The number of nitrogens with one attached hydrogen (secondary N) is 1. The zero-order valence-electron chi connectivity index (χ0n) is 9.67. The maximum Gasteiger partial charge on any atom is 0.214 e. The first-order valence-electron chi connectivity index (χ1n) is 4.95. The van der Waals surface area contributed by atoms with Gasteiger partial charge in [-0.3, -0.25) is 0 Å². The number of aromatic nitrogens is 1. The lowest BCUT2D eigenvalue weighted by molar-refractivity contribution is 0.511. The van der Waals surface area contributed by atoms with Crippen molar-refractivity contribution >= 4 is 21.4 Å². The summed E-state index contributed by atoms with van der Waals surface area (Å²) in [7, 11) is -0.0279. The van der Waals surface area contributed by atoms with E-state index in [2.05, 4.69) is 10.3 Å². The first-order valence-corrected chi connectivity index (χ1v) is 7.50. The number of hydrogen-bond donors (Lipinski definition) is 1. The minimum Gasteiger partial charge on any atom is -0.308 e. The normalized spacial score (nSPS) is 14.2. The Hall–Kier alpha value is -0.500. The molecule has 0 spiro atoms. The molecular weight excluding hydrogens is 246 g/mol. The number of hydrogen-bond acceptors (Lipinski definition) is 5. The summed E-state index contributed by atoms with van der Waals surface area (Å²) >= 11 is 1.53. The van der Waals surface area contributed by atoms with Crippen LogP contribution in [-0.4, -0.2) is 44.1 Å². The molecule has 0 amide bonds. The molecule has 92 valence electrons. The van der Waals surface area contributed by atoms with E-state index in [9.17, 15) is 8.42 Å². The van der Waals surface area contributed by atoms with E-state index in [1.165, 1.54) is 15.6 Å². The van der Waals surface area contributed by atoms with Gasteiger partial charge in [-0.1, -0.05) is 0 Å². The van der Waals surface area contributed by atoms with Crippen LogP contribution in [0, 0.1) is 0 Å². The highest BCUT2D eigenvalue weighted by atomic mass is 32.2. The van der Waals surface area contributed by atoms with Crippen molar-refractivity contribution in [2.45, 2.75) is 13.0 Å². The van der Waals surface area contributed by atoms with E-state index in [0.717, 1.165) is 5.69 Å². The van der Waals surface area contributed by atoms with Crippen molar-refractivity contribution in [2.24, 2.45) is 0 Å². The molecule has 1 atom stereocenters. The molecule has 0 aliphatic carbocycles. The summed E-state index contributed by atoms with van der Waals surface area (Å²) in [4.78, 5) is 4.16. The number of rotatable bonds is 6. The fourth-order valence-electron chi connectivity index (χ4n) is 1.13. The largest absolute Gasteiger partial charge is 0.308 e. The summed E-state index contributed by atoms with van der Waals surface area (Å²) in [6.45, 7) is 2.40. The zero-order valence-corrected chi connectivity index (χ0v) is 11.3. The second kappa shape index (κ2) is 5.72. The molecular formula is C9H17N3O2S2. The summed E-state index contributed by atoms with van der Waals surface area (Å²) in [5, 5.41) is 5.09. The summed E-state index contributed by atoms with van der Waals surface area (Å²) < 4.78 is 24.2. The third-order valence-corrected chi connectivity index (χ3v) is 4.70. The van der Waals surface area contributed by atoms with E-state index >= 15 is 0 Å². The van der Waals surface area contributed by atoms with Gasteiger partial charge in [0.15, 0.2) is 0 Å². The Kier molecular flexibility index (Phi) is 4.85. The van der Waals surface area contributed by atoms with Gasteiger partial charge in [-0.15, -0.1) is 11.3 Å². The molecule has 1 rings (SSSR count). The van der Waals surface area contributed by atoms with Gasteiger partial charge in [0.05, 0.1) is 17.0 Å². The van der Waals surface area contributed by atoms with E-state index in [1.807, 2.05) is 12.3 Å². The van der Waals surface area contributed by atoms with Crippen molar-refractivity contribution in [1.29, 1.82) is 0 Å². The van der Waals surface area contributed by atoms with Crippen molar-refractivity contribution in [3.8, 4) is 0 Å². The van der Waals surface area contributed by atoms with Gasteiger partial charge >= 0.3 is 0 Å². The fourth-order valence-corrected chi connectivity index (χ4v) is 2.52. The molecule has 1 heterocycles. The summed E-state index contributed by atoms with van der Waals surface area (Å²) in [6, 6.07) is 0.0867. The molecule has 5 nitrogen and oxygen atoms in total. The Morgan fingerprint density at radius 2 is 2.25 bits per heavy atom. The fraction of sp³-hybridized carbons (Fsp3) is 0.667. The molecule has 0 saturated carbocycles. The Labute approximate surface area is 101 Å². The third-order valence-electron chi connectivity index (χ3n) is 2.26. The van der Waals surface area contributed by atoms with Gasteiger partial charge in [0, 0.05) is 32.1 Å². The highest BCUT2D eigenvalue weighted by molar-refractivity contribution is 7.89. The SMILES string of the molecule is CC(NCCS(=O)(=O)N(C)C)c1cscn1. The molecule has 1 aromatic heterocycles. The van der Waals surface area contributed by atoms with Gasteiger partial charge in [0.2, 0.25) is 10.0 Å². The van der Waals surface area contributed by atoms with Crippen molar-refractivity contribution in [2.75, 3.05) is 26.4 Å². The minimum absolute atomic E-state index is 0.0867. The van der Waals surface area contributed by atoms with Crippen LogP contribution >= 0.6 is 11.3 Å². The Bertz CT molecular complexity index is 400. The molecule has 16 heavy (non-hydrogen) atoms. The van der Waals surface area contributed by atoms with Crippen molar-refractivity contribution in [3.63, 3.8) is 0 Å². The summed E-state index contributed by atoms with van der Waals surface area (Å²) in [5.41, 5.74) is 2.72. The molecule has 0 bridgehead atoms. The molecule has 0 aliphatic heterocycles. The summed E-state index contributed by atoms with van der Waals surface area (Å²) in [5.74, 6) is 0.106. The zero-order chi connectivity index (χ0) is 12.2. The second-order valence-corrected chi connectivity index (χ2v) is 6.71. The molecule has 0 aromatic carbocycles. The molecule has 0 fully saturated rings. The monoisotopic (exact) mass is 263 g/mol. The second-order valence-electron chi connectivity index (χ2n) is 3.69.